The fourth-order valence-electron chi connectivity index (χ4n) is 3.91. The molecular weight excluding hydrogens is 560 g/mol. The zero-order valence-corrected chi connectivity index (χ0v) is 27.3. The largest absolute Gasteiger partial charge is 4.00 e. The molecule has 0 saturated carbocycles. The number of unbranched alkanes of at least 4 members (excludes halogenated alkanes) is 14. The second-order valence-corrected chi connectivity index (χ2v) is 9.91. The van der Waals surface area contributed by atoms with E-state index >= 15 is 0 Å². The first-order valence-electron chi connectivity index (χ1n) is 15.1. The van der Waals surface area contributed by atoms with E-state index in [0.29, 0.717) is 19.6 Å². The molecule has 0 aliphatic carbocycles. The van der Waals surface area contributed by atoms with E-state index in [4.69, 9.17) is 14.6 Å². The van der Waals surface area contributed by atoms with Crippen LogP contribution < -0.4 is 0 Å². The average molecular weight is 615 g/mol. The molecule has 0 amide bonds. The van der Waals surface area contributed by atoms with Gasteiger partial charge in [0.25, 0.3) is 0 Å². The second kappa shape index (κ2) is 34.5. The van der Waals surface area contributed by atoms with Crippen molar-refractivity contribution in [3.63, 3.8) is 0 Å². The maximum absolute atomic E-state index is 11.9. The second-order valence-electron chi connectivity index (χ2n) is 9.91. The third-order valence-electron chi connectivity index (χ3n) is 6.32. The summed E-state index contributed by atoms with van der Waals surface area (Å²) in [6.07, 6.45) is 20.8. The summed E-state index contributed by atoms with van der Waals surface area (Å²) in [7, 11) is 0. The average Bonchev–Trinajstić information content (AvgIpc) is 2.91. The van der Waals surface area contributed by atoms with Crippen molar-refractivity contribution in [1.29, 1.82) is 0 Å². The van der Waals surface area contributed by atoms with Crippen molar-refractivity contribution < 1.29 is 61.6 Å². The number of hydrogen-bond acceptors (Lipinski definition) is 5. The van der Waals surface area contributed by atoms with Crippen LogP contribution in [0, 0.1) is 0 Å². The van der Waals surface area contributed by atoms with Crippen LogP contribution in [0.3, 0.4) is 0 Å². The Hall–Kier alpha value is -1.74. The molecule has 1 aromatic carbocycles. The van der Waals surface area contributed by atoms with E-state index in [1.54, 1.807) is 24.3 Å². The van der Waals surface area contributed by atoms with Crippen molar-refractivity contribution in [3.05, 3.63) is 35.4 Å². The predicted octanol–water partition coefficient (Wildman–Crippen LogP) is 8.91. The number of esters is 2. The van der Waals surface area contributed by atoms with Gasteiger partial charge in [-0.3, -0.25) is 4.79 Å². The molecule has 0 unspecified atom stereocenters. The minimum Gasteiger partial charge on any atom is -2.00 e. The fourth-order valence-corrected chi connectivity index (χ4v) is 3.91. The normalized spacial score (nSPS) is 9.63. The molecule has 41 heavy (non-hydrogen) atoms. The van der Waals surface area contributed by atoms with Crippen molar-refractivity contribution in [3.8, 4) is 0 Å². The van der Waals surface area contributed by atoms with Gasteiger partial charge in [-0.1, -0.05) is 123 Å². The van der Waals surface area contributed by atoms with Gasteiger partial charge < -0.3 is 25.5 Å². The van der Waals surface area contributed by atoms with Gasteiger partial charge in [0.15, 0.2) is 0 Å². The van der Waals surface area contributed by atoms with Crippen molar-refractivity contribution in [2.24, 2.45) is 0 Å². The molecule has 9 heteroatoms. The van der Waals surface area contributed by atoms with Crippen LogP contribution in [0.15, 0.2) is 24.3 Å². The Bertz CT molecular complexity index is 701. The third kappa shape index (κ3) is 28.2. The maximum Gasteiger partial charge on any atom is 4.00 e. The summed E-state index contributed by atoms with van der Waals surface area (Å²) in [6.45, 7) is 7.04. The van der Waals surface area contributed by atoms with Crippen LogP contribution in [0.2, 0.25) is 0 Å². The number of rotatable bonds is 22. The standard InChI is InChI=1S/C16H22O4.C16H32O2.2O.Ti/c1-3-5-11-19-15(17)13-9-7-8-10-14(13)16(18)20-12-6-4-2;1-2-3-4-5-6-7-8-9-10-11-12-13-14-15-16(17)18;;;/h7-10H,3-6,11-12H2,1-2H3;2-15H2,1H3,(H,17,18);;;/q;;2*-2;+4. The summed E-state index contributed by atoms with van der Waals surface area (Å²) in [6, 6.07) is 6.59. The molecule has 1 aromatic rings. The molecule has 1 N–H and O–H groups in total. The van der Waals surface area contributed by atoms with Crippen molar-refractivity contribution >= 4 is 17.9 Å². The minimum atomic E-state index is -0.655. The summed E-state index contributed by atoms with van der Waals surface area (Å²) in [5.41, 5.74) is 0.537. The van der Waals surface area contributed by atoms with Crippen LogP contribution in [0.5, 0.6) is 0 Å². The number of benzene rings is 1. The number of aliphatic carboxylic acids is 1. The van der Waals surface area contributed by atoms with Crippen molar-refractivity contribution in [1.82, 2.24) is 0 Å². The summed E-state index contributed by atoms with van der Waals surface area (Å²) in [5, 5.41) is 8.49. The Balaban J connectivity index is -0.000000313. The summed E-state index contributed by atoms with van der Waals surface area (Å²) < 4.78 is 10.3. The summed E-state index contributed by atoms with van der Waals surface area (Å²) in [4.78, 5) is 34.2. The zero-order valence-electron chi connectivity index (χ0n) is 25.8. The van der Waals surface area contributed by atoms with Crippen LogP contribution >= 0.6 is 0 Å². The summed E-state index contributed by atoms with van der Waals surface area (Å²) in [5.74, 6) is -1.60. The number of carboxylic acid groups (broad SMARTS) is 1. The first-order chi connectivity index (χ1) is 18.5. The van der Waals surface area contributed by atoms with Crippen LogP contribution in [0.1, 0.15) is 157 Å². The Morgan fingerprint density at radius 3 is 1.20 bits per heavy atom. The Morgan fingerprint density at radius 1 is 0.561 bits per heavy atom. The van der Waals surface area contributed by atoms with Gasteiger partial charge in [0.2, 0.25) is 0 Å². The Labute approximate surface area is 263 Å². The van der Waals surface area contributed by atoms with E-state index in [1.165, 1.54) is 70.6 Å². The molecular formula is C32H54O8Ti. The molecule has 0 aromatic heterocycles. The van der Waals surface area contributed by atoms with Gasteiger partial charge in [-0.05, 0) is 31.4 Å². The first-order valence-corrected chi connectivity index (χ1v) is 15.1. The molecule has 0 saturated heterocycles. The molecule has 234 valence electrons. The molecule has 0 aliphatic heterocycles. The SMILES string of the molecule is CCCCCCCCCCCCCCCC(=O)O.CCCCOC(=O)c1ccccc1C(=O)OCCCC.[O-2].[O-2].[Ti+4]. The summed E-state index contributed by atoms with van der Waals surface area (Å²) >= 11 is 0. The van der Waals surface area contributed by atoms with Gasteiger partial charge in [0.1, 0.15) is 0 Å². The van der Waals surface area contributed by atoms with Crippen LogP contribution in [0.25, 0.3) is 0 Å². The van der Waals surface area contributed by atoms with Gasteiger partial charge in [0, 0.05) is 6.42 Å². The van der Waals surface area contributed by atoms with E-state index in [2.05, 4.69) is 6.92 Å². The Morgan fingerprint density at radius 2 is 0.878 bits per heavy atom. The van der Waals surface area contributed by atoms with E-state index < -0.39 is 17.9 Å². The Kier molecular flexibility index (Phi) is 38.9. The molecule has 0 atom stereocenters. The maximum atomic E-state index is 11.9. The van der Waals surface area contributed by atoms with E-state index in [0.717, 1.165) is 38.5 Å². The monoisotopic (exact) mass is 614 g/mol. The van der Waals surface area contributed by atoms with Gasteiger partial charge in [-0.15, -0.1) is 0 Å². The van der Waals surface area contributed by atoms with Crippen molar-refractivity contribution in [2.75, 3.05) is 13.2 Å². The number of ether oxygens (including phenoxy) is 2. The van der Waals surface area contributed by atoms with E-state index in [-0.39, 0.29) is 43.8 Å². The number of carbonyl (C=O) groups is 3. The fraction of sp³-hybridized carbons (Fsp3) is 0.719. The predicted molar refractivity (Wildman–Crippen MR) is 156 cm³/mol. The van der Waals surface area contributed by atoms with Crippen LogP contribution in [0.4, 0.5) is 0 Å². The van der Waals surface area contributed by atoms with Crippen LogP contribution in [-0.4, -0.2) is 36.2 Å². The van der Waals surface area contributed by atoms with Gasteiger partial charge >= 0.3 is 39.6 Å². The smallest absolute Gasteiger partial charge is 2.00 e. The topological polar surface area (TPSA) is 147 Å². The molecule has 0 spiro atoms. The third-order valence-corrected chi connectivity index (χ3v) is 6.32. The number of hydrogen-bond donors (Lipinski definition) is 1. The molecule has 0 aliphatic rings. The van der Waals surface area contributed by atoms with Crippen molar-refractivity contribution in [2.45, 2.75) is 136 Å². The van der Waals surface area contributed by atoms with Gasteiger partial charge in [-0.2, -0.15) is 0 Å². The van der Waals surface area contributed by atoms with E-state index in [1.807, 2.05) is 13.8 Å². The van der Waals surface area contributed by atoms with Gasteiger partial charge in [0.05, 0.1) is 24.3 Å². The zero-order chi connectivity index (χ0) is 28.3. The number of carbonyl (C=O) groups excluding carboxylic acids is 2. The van der Waals surface area contributed by atoms with Crippen LogP contribution in [-0.2, 0) is 46.9 Å². The minimum absolute atomic E-state index is 0. The number of carboxylic acids is 1. The molecule has 0 bridgehead atoms. The molecule has 1 rings (SSSR count). The molecule has 0 heterocycles. The van der Waals surface area contributed by atoms with Gasteiger partial charge in [-0.25, -0.2) is 9.59 Å². The molecule has 0 radical (unpaired) electrons. The molecule has 8 nitrogen and oxygen atoms in total. The van der Waals surface area contributed by atoms with E-state index in [9.17, 15) is 14.4 Å². The quantitative estimate of drug-likeness (QED) is 0.0783. The first kappa shape index (κ1) is 46.2. The molecule has 0 fully saturated rings.